The van der Waals surface area contributed by atoms with E-state index in [9.17, 15) is 9.18 Å². The number of hydrogen-bond donors (Lipinski definition) is 2. The minimum absolute atomic E-state index is 0.0679. The van der Waals surface area contributed by atoms with Crippen LogP contribution in [0.5, 0.6) is 5.75 Å². The molecule has 2 atom stereocenters. The van der Waals surface area contributed by atoms with Gasteiger partial charge in [-0.1, -0.05) is 12.1 Å². The van der Waals surface area contributed by atoms with Crippen molar-refractivity contribution in [2.45, 2.75) is 13.0 Å². The van der Waals surface area contributed by atoms with Gasteiger partial charge >= 0.3 is 0 Å². The summed E-state index contributed by atoms with van der Waals surface area (Å²) in [7, 11) is 3.55. The van der Waals surface area contributed by atoms with Crippen LogP contribution in [-0.4, -0.2) is 26.6 Å². The number of amides is 1. The second-order valence-corrected chi connectivity index (χ2v) is 5.57. The van der Waals surface area contributed by atoms with Crippen molar-refractivity contribution in [1.29, 1.82) is 0 Å². The fraction of sp³-hybridized carbons (Fsp3) is 0.278. The van der Waals surface area contributed by atoms with Crippen LogP contribution in [-0.2, 0) is 4.79 Å². The number of quaternary nitrogens is 1. The van der Waals surface area contributed by atoms with E-state index >= 15 is 0 Å². The molecule has 2 aromatic rings. The van der Waals surface area contributed by atoms with Crippen LogP contribution in [0.2, 0.25) is 0 Å². The second-order valence-electron chi connectivity index (χ2n) is 5.57. The van der Waals surface area contributed by atoms with Gasteiger partial charge in [0.2, 0.25) is 0 Å². The summed E-state index contributed by atoms with van der Waals surface area (Å²) in [6.07, 6.45) is 0. The Morgan fingerprint density at radius 2 is 1.78 bits per heavy atom. The molecule has 0 saturated carbocycles. The summed E-state index contributed by atoms with van der Waals surface area (Å²) in [6, 6.07) is 13.7. The number of benzene rings is 2. The highest BCUT2D eigenvalue weighted by Gasteiger charge is 2.18. The van der Waals surface area contributed by atoms with E-state index in [1.54, 1.807) is 43.5 Å². The maximum absolute atomic E-state index is 13.0. The second kappa shape index (κ2) is 7.74. The molecule has 0 aliphatic carbocycles. The Balaban J connectivity index is 1.91. The number of halogens is 1. The fourth-order valence-corrected chi connectivity index (χ4v) is 2.32. The van der Waals surface area contributed by atoms with Crippen molar-refractivity contribution in [2.75, 3.05) is 26.0 Å². The number of nitrogens with one attached hydrogen (secondary N) is 2. The summed E-state index contributed by atoms with van der Waals surface area (Å²) in [5.74, 6) is 0.424. The summed E-state index contributed by atoms with van der Waals surface area (Å²) >= 11 is 0. The monoisotopic (exact) mass is 317 g/mol. The van der Waals surface area contributed by atoms with Gasteiger partial charge in [0.1, 0.15) is 17.6 Å². The first-order valence-electron chi connectivity index (χ1n) is 7.51. The standard InChI is InChI=1S/C18H21FN2O2/c1-13(14-4-6-15(19)7-5-14)21(2)12-18(22)20-16-8-10-17(23-3)11-9-16/h4-11,13H,12H2,1-3H3,(H,20,22)/p+1/t13-/m0/s1. The van der Waals surface area contributed by atoms with Gasteiger partial charge in [-0.05, 0) is 43.3 Å². The summed E-state index contributed by atoms with van der Waals surface area (Å²) < 4.78 is 18.1. The van der Waals surface area contributed by atoms with Crippen LogP contribution < -0.4 is 15.0 Å². The van der Waals surface area contributed by atoms with Gasteiger partial charge in [-0.3, -0.25) is 4.79 Å². The summed E-state index contributed by atoms with van der Waals surface area (Å²) in [5, 5.41) is 2.86. The Morgan fingerprint density at radius 1 is 1.17 bits per heavy atom. The molecule has 23 heavy (non-hydrogen) atoms. The summed E-state index contributed by atoms with van der Waals surface area (Å²) in [4.78, 5) is 13.2. The molecule has 0 aliphatic heterocycles. The zero-order valence-electron chi connectivity index (χ0n) is 13.6. The molecule has 1 amide bonds. The molecule has 0 heterocycles. The van der Waals surface area contributed by atoms with Crippen molar-refractivity contribution in [3.8, 4) is 5.75 Å². The number of rotatable bonds is 6. The molecule has 2 rings (SSSR count). The number of anilines is 1. The highest BCUT2D eigenvalue weighted by atomic mass is 19.1. The molecular formula is C18H22FN2O2+. The highest BCUT2D eigenvalue weighted by molar-refractivity contribution is 5.91. The molecule has 5 heteroatoms. The van der Waals surface area contributed by atoms with Gasteiger partial charge in [0.15, 0.2) is 6.54 Å². The average Bonchev–Trinajstić information content (AvgIpc) is 2.55. The Hall–Kier alpha value is -2.40. The summed E-state index contributed by atoms with van der Waals surface area (Å²) in [6.45, 7) is 2.34. The number of ether oxygens (including phenoxy) is 1. The highest BCUT2D eigenvalue weighted by Crippen LogP contribution is 2.14. The molecule has 0 radical (unpaired) electrons. The van der Waals surface area contributed by atoms with Crippen molar-refractivity contribution in [3.63, 3.8) is 0 Å². The maximum atomic E-state index is 13.0. The van der Waals surface area contributed by atoms with E-state index in [0.29, 0.717) is 6.54 Å². The molecule has 0 aliphatic rings. The molecule has 0 saturated heterocycles. The van der Waals surface area contributed by atoms with Gasteiger partial charge < -0.3 is 15.0 Å². The van der Waals surface area contributed by atoms with E-state index in [4.69, 9.17) is 4.74 Å². The van der Waals surface area contributed by atoms with Crippen LogP contribution in [0.4, 0.5) is 10.1 Å². The fourth-order valence-electron chi connectivity index (χ4n) is 2.32. The van der Waals surface area contributed by atoms with Crippen LogP contribution in [0, 0.1) is 5.82 Å². The quantitative estimate of drug-likeness (QED) is 0.856. The van der Waals surface area contributed by atoms with E-state index in [2.05, 4.69) is 5.32 Å². The third-order valence-electron chi connectivity index (χ3n) is 3.92. The predicted octanol–water partition coefficient (Wildman–Crippen LogP) is 2.05. The molecule has 0 aromatic heterocycles. The van der Waals surface area contributed by atoms with Gasteiger partial charge in [0.05, 0.1) is 14.2 Å². The normalized spacial score (nSPS) is 13.2. The van der Waals surface area contributed by atoms with E-state index in [0.717, 1.165) is 21.9 Å². The van der Waals surface area contributed by atoms with E-state index in [-0.39, 0.29) is 17.8 Å². The molecule has 0 spiro atoms. The smallest absolute Gasteiger partial charge is 0.279 e. The number of hydrogen-bond acceptors (Lipinski definition) is 2. The minimum Gasteiger partial charge on any atom is -0.497 e. The predicted molar refractivity (Wildman–Crippen MR) is 88.2 cm³/mol. The maximum Gasteiger partial charge on any atom is 0.279 e. The molecular weight excluding hydrogens is 295 g/mol. The van der Waals surface area contributed by atoms with E-state index in [1.807, 2.05) is 14.0 Å². The minimum atomic E-state index is -0.254. The molecule has 0 fully saturated rings. The topological polar surface area (TPSA) is 42.8 Å². The first kappa shape index (κ1) is 17.0. The van der Waals surface area contributed by atoms with Gasteiger partial charge in [0.25, 0.3) is 5.91 Å². The third-order valence-corrected chi connectivity index (χ3v) is 3.92. The van der Waals surface area contributed by atoms with Crippen LogP contribution in [0.1, 0.15) is 18.5 Å². The zero-order valence-corrected chi connectivity index (χ0v) is 13.6. The van der Waals surface area contributed by atoms with Gasteiger partial charge in [-0.15, -0.1) is 0 Å². The molecule has 2 N–H and O–H groups in total. The van der Waals surface area contributed by atoms with Gasteiger partial charge in [-0.25, -0.2) is 4.39 Å². The number of carbonyl (C=O) groups excluding carboxylic acids is 1. The van der Waals surface area contributed by atoms with Crippen LogP contribution in [0.3, 0.4) is 0 Å². The molecule has 122 valence electrons. The Morgan fingerprint density at radius 3 is 2.35 bits per heavy atom. The van der Waals surface area contributed by atoms with Crippen LogP contribution in [0.15, 0.2) is 48.5 Å². The largest absolute Gasteiger partial charge is 0.497 e. The SMILES string of the molecule is COc1ccc(NC(=O)C[NH+](C)[C@@H](C)c2ccc(F)cc2)cc1. The molecule has 1 unspecified atom stereocenters. The lowest BCUT2D eigenvalue weighted by molar-refractivity contribution is -0.902. The first-order chi connectivity index (χ1) is 11.0. The van der Waals surface area contributed by atoms with Crippen LogP contribution >= 0.6 is 0 Å². The Kier molecular flexibility index (Phi) is 5.71. The van der Waals surface area contributed by atoms with E-state index < -0.39 is 0 Å². The number of likely N-dealkylation sites (N-methyl/N-ethyl adjacent to an activating group) is 1. The molecule has 4 nitrogen and oxygen atoms in total. The average molecular weight is 317 g/mol. The lowest BCUT2D eigenvalue weighted by Crippen LogP contribution is -3.10. The van der Waals surface area contributed by atoms with Crippen molar-refractivity contribution in [3.05, 3.63) is 59.9 Å². The lowest BCUT2D eigenvalue weighted by Gasteiger charge is -2.21. The Labute approximate surface area is 135 Å². The number of carbonyl (C=O) groups is 1. The first-order valence-corrected chi connectivity index (χ1v) is 7.51. The van der Waals surface area contributed by atoms with E-state index in [1.165, 1.54) is 12.1 Å². The lowest BCUT2D eigenvalue weighted by atomic mass is 10.1. The van der Waals surface area contributed by atoms with Gasteiger partial charge in [-0.2, -0.15) is 0 Å². The molecule has 2 aromatic carbocycles. The molecule has 0 bridgehead atoms. The van der Waals surface area contributed by atoms with Crippen molar-refractivity contribution in [1.82, 2.24) is 0 Å². The van der Waals surface area contributed by atoms with Crippen molar-refractivity contribution < 1.29 is 18.8 Å². The van der Waals surface area contributed by atoms with Crippen molar-refractivity contribution in [2.24, 2.45) is 0 Å². The zero-order chi connectivity index (χ0) is 16.8. The summed E-state index contributed by atoms with van der Waals surface area (Å²) in [5.41, 5.74) is 1.74. The number of methoxy groups -OCH3 is 1. The third kappa shape index (κ3) is 4.79. The Bertz CT molecular complexity index is 641. The van der Waals surface area contributed by atoms with Gasteiger partial charge in [0, 0.05) is 11.3 Å². The van der Waals surface area contributed by atoms with Crippen LogP contribution in [0.25, 0.3) is 0 Å². The van der Waals surface area contributed by atoms with Crippen molar-refractivity contribution >= 4 is 11.6 Å².